The Hall–Kier alpha value is -3.41. The lowest BCUT2D eigenvalue weighted by Crippen LogP contribution is -2.14. The van der Waals surface area contributed by atoms with Crippen molar-refractivity contribution in [3.63, 3.8) is 0 Å². The molecule has 0 aliphatic carbocycles. The standard InChI is InChI=1S/C22H16ClN3O2/c23-17-9-11-18(12-10-17)26-20-7-2-1-6-19(20)24-22(26)16-5-3-4-15(14-16)8-13-21(27)25-28/h1-14,28H,(H,25,27)/b13-8+. The van der Waals surface area contributed by atoms with E-state index in [-0.39, 0.29) is 0 Å². The molecule has 3 aromatic carbocycles. The molecule has 4 aromatic rings. The van der Waals surface area contributed by atoms with Crippen LogP contribution in [0.1, 0.15) is 5.56 Å². The average Bonchev–Trinajstić information content (AvgIpc) is 3.12. The van der Waals surface area contributed by atoms with Gasteiger partial charge < -0.3 is 0 Å². The van der Waals surface area contributed by atoms with E-state index >= 15 is 0 Å². The monoisotopic (exact) mass is 389 g/mol. The summed E-state index contributed by atoms with van der Waals surface area (Å²) in [6.45, 7) is 0. The van der Waals surface area contributed by atoms with E-state index < -0.39 is 5.91 Å². The van der Waals surface area contributed by atoms with E-state index in [4.69, 9.17) is 21.8 Å². The zero-order valence-electron chi connectivity index (χ0n) is 14.7. The molecule has 1 aromatic heterocycles. The molecule has 1 heterocycles. The molecule has 6 heteroatoms. The number of aromatic nitrogens is 2. The first-order chi connectivity index (χ1) is 13.7. The third kappa shape index (κ3) is 3.53. The summed E-state index contributed by atoms with van der Waals surface area (Å²) in [7, 11) is 0. The van der Waals surface area contributed by atoms with Crippen molar-refractivity contribution in [1.29, 1.82) is 0 Å². The number of nitrogens with one attached hydrogen (secondary N) is 1. The van der Waals surface area contributed by atoms with E-state index in [0.29, 0.717) is 5.02 Å². The van der Waals surface area contributed by atoms with Gasteiger partial charge in [-0.1, -0.05) is 41.9 Å². The van der Waals surface area contributed by atoms with Crippen LogP contribution in [-0.2, 0) is 4.79 Å². The first-order valence-electron chi connectivity index (χ1n) is 8.62. The Balaban J connectivity index is 1.87. The van der Waals surface area contributed by atoms with Crippen LogP contribution in [0.2, 0.25) is 5.02 Å². The van der Waals surface area contributed by atoms with Gasteiger partial charge in [-0.2, -0.15) is 0 Å². The van der Waals surface area contributed by atoms with Crippen molar-refractivity contribution in [3.8, 4) is 17.1 Å². The summed E-state index contributed by atoms with van der Waals surface area (Å²) >= 11 is 6.06. The van der Waals surface area contributed by atoms with Gasteiger partial charge in [-0.3, -0.25) is 14.6 Å². The number of hydrogen-bond acceptors (Lipinski definition) is 3. The maximum Gasteiger partial charge on any atom is 0.267 e. The summed E-state index contributed by atoms with van der Waals surface area (Å²) in [4.78, 5) is 16.1. The predicted molar refractivity (Wildman–Crippen MR) is 110 cm³/mol. The molecule has 5 nitrogen and oxygen atoms in total. The van der Waals surface area contributed by atoms with Crippen LogP contribution in [0, 0.1) is 0 Å². The highest BCUT2D eigenvalue weighted by Crippen LogP contribution is 2.29. The third-order valence-corrected chi connectivity index (χ3v) is 4.58. The number of para-hydroxylation sites is 2. The second kappa shape index (κ2) is 7.68. The van der Waals surface area contributed by atoms with Gasteiger partial charge in [0.2, 0.25) is 0 Å². The second-order valence-corrected chi connectivity index (χ2v) is 6.61. The van der Waals surface area contributed by atoms with Crippen LogP contribution in [0.5, 0.6) is 0 Å². The van der Waals surface area contributed by atoms with Gasteiger partial charge in [-0.15, -0.1) is 0 Å². The summed E-state index contributed by atoms with van der Waals surface area (Å²) in [5.74, 6) is 0.198. The van der Waals surface area contributed by atoms with Crippen molar-refractivity contribution < 1.29 is 10.0 Å². The van der Waals surface area contributed by atoms with Gasteiger partial charge in [0.05, 0.1) is 11.0 Å². The maximum atomic E-state index is 11.2. The summed E-state index contributed by atoms with van der Waals surface area (Å²) < 4.78 is 2.08. The van der Waals surface area contributed by atoms with Gasteiger partial charge in [0, 0.05) is 22.3 Å². The molecule has 28 heavy (non-hydrogen) atoms. The lowest BCUT2D eigenvalue weighted by Gasteiger charge is -2.10. The number of halogens is 1. The maximum absolute atomic E-state index is 11.2. The van der Waals surface area contributed by atoms with E-state index in [0.717, 1.165) is 33.7 Å². The van der Waals surface area contributed by atoms with Crippen LogP contribution >= 0.6 is 11.6 Å². The number of benzene rings is 3. The van der Waals surface area contributed by atoms with E-state index in [1.807, 2.05) is 72.8 Å². The minimum absolute atomic E-state index is 0.584. The molecule has 0 aliphatic rings. The van der Waals surface area contributed by atoms with Crippen molar-refractivity contribution in [1.82, 2.24) is 15.0 Å². The zero-order chi connectivity index (χ0) is 19.5. The zero-order valence-corrected chi connectivity index (χ0v) is 15.5. The summed E-state index contributed by atoms with van der Waals surface area (Å²) in [5, 5.41) is 9.30. The molecule has 0 unspecified atom stereocenters. The Bertz CT molecular complexity index is 1180. The van der Waals surface area contributed by atoms with Gasteiger partial charge in [-0.25, -0.2) is 10.5 Å². The van der Waals surface area contributed by atoms with E-state index in [2.05, 4.69) is 4.57 Å². The minimum Gasteiger partial charge on any atom is -0.292 e. The van der Waals surface area contributed by atoms with E-state index in [1.165, 1.54) is 6.08 Å². The Labute approximate surface area is 166 Å². The number of rotatable bonds is 4. The van der Waals surface area contributed by atoms with Crippen LogP contribution < -0.4 is 5.48 Å². The smallest absolute Gasteiger partial charge is 0.267 e. The number of carbonyl (C=O) groups is 1. The van der Waals surface area contributed by atoms with Gasteiger partial charge in [0.25, 0.3) is 5.91 Å². The van der Waals surface area contributed by atoms with Crippen LogP contribution in [0.4, 0.5) is 0 Å². The van der Waals surface area contributed by atoms with Crippen molar-refractivity contribution in [3.05, 3.63) is 89.5 Å². The molecule has 1 amide bonds. The number of carbonyl (C=O) groups excluding carboxylic acids is 1. The van der Waals surface area contributed by atoms with E-state index in [1.54, 1.807) is 11.6 Å². The highest BCUT2D eigenvalue weighted by Gasteiger charge is 2.14. The molecule has 0 fully saturated rings. The molecule has 138 valence electrons. The Morgan fingerprint density at radius 1 is 1.04 bits per heavy atom. The fourth-order valence-corrected chi connectivity index (χ4v) is 3.19. The Kier molecular flexibility index (Phi) is 4.93. The molecule has 0 bridgehead atoms. The molecule has 0 spiro atoms. The number of amides is 1. The van der Waals surface area contributed by atoms with Gasteiger partial charge >= 0.3 is 0 Å². The SMILES string of the molecule is O=C(/C=C/c1cccc(-c2nc3ccccc3n2-c2ccc(Cl)cc2)c1)NO. The number of imidazole rings is 1. The molecule has 0 saturated heterocycles. The lowest BCUT2D eigenvalue weighted by atomic mass is 10.1. The largest absolute Gasteiger partial charge is 0.292 e. The van der Waals surface area contributed by atoms with Gasteiger partial charge in [-0.05, 0) is 54.1 Å². The number of hydroxylamine groups is 1. The average molecular weight is 390 g/mol. The van der Waals surface area contributed by atoms with Crippen LogP contribution in [0.15, 0.2) is 78.9 Å². The fourth-order valence-electron chi connectivity index (χ4n) is 3.06. The highest BCUT2D eigenvalue weighted by molar-refractivity contribution is 6.30. The number of hydrogen-bond donors (Lipinski definition) is 2. The fraction of sp³-hybridized carbons (Fsp3) is 0. The molecule has 0 atom stereocenters. The topological polar surface area (TPSA) is 67.2 Å². The molecule has 4 rings (SSSR count). The quantitative estimate of drug-likeness (QED) is 0.297. The number of nitrogens with zero attached hydrogens (tertiary/aromatic N) is 2. The normalized spacial score (nSPS) is 11.2. The summed E-state index contributed by atoms with van der Waals surface area (Å²) in [6, 6.07) is 23.2. The van der Waals surface area contributed by atoms with Gasteiger partial charge in [0.1, 0.15) is 5.82 Å². The van der Waals surface area contributed by atoms with Crippen molar-refractivity contribution >= 4 is 34.6 Å². The minimum atomic E-state index is -0.584. The molecular weight excluding hydrogens is 374 g/mol. The highest BCUT2D eigenvalue weighted by atomic mass is 35.5. The van der Waals surface area contributed by atoms with Crippen molar-refractivity contribution in [2.45, 2.75) is 0 Å². The molecule has 2 N–H and O–H groups in total. The molecular formula is C22H16ClN3O2. The van der Waals surface area contributed by atoms with Crippen molar-refractivity contribution in [2.24, 2.45) is 0 Å². The van der Waals surface area contributed by atoms with Crippen LogP contribution in [0.3, 0.4) is 0 Å². The second-order valence-electron chi connectivity index (χ2n) is 6.17. The van der Waals surface area contributed by atoms with Crippen LogP contribution in [-0.4, -0.2) is 20.7 Å². The summed E-state index contributed by atoms with van der Waals surface area (Å²) in [5.41, 5.74) is 6.12. The van der Waals surface area contributed by atoms with Gasteiger partial charge in [0.15, 0.2) is 0 Å². The van der Waals surface area contributed by atoms with Crippen molar-refractivity contribution in [2.75, 3.05) is 0 Å². The molecule has 0 saturated carbocycles. The first kappa shape index (κ1) is 18.0. The predicted octanol–water partition coefficient (Wildman–Crippen LogP) is 4.86. The lowest BCUT2D eigenvalue weighted by molar-refractivity contribution is -0.124. The molecule has 0 radical (unpaired) electrons. The first-order valence-corrected chi connectivity index (χ1v) is 8.99. The van der Waals surface area contributed by atoms with Crippen LogP contribution in [0.25, 0.3) is 34.2 Å². The Morgan fingerprint density at radius 3 is 2.61 bits per heavy atom. The Morgan fingerprint density at radius 2 is 1.82 bits per heavy atom. The third-order valence-electron chi connectivity index (χ3n) is 4.33. The summed E-state index contributed by atoms with van der Waals surface area (Å²) in [6.07, 6.45) is 2.89. The number of fused-ring (bicyclic) bond motifs is 1. The molecule has 0 aliphatic heterocycles. The van der Waals surface area contributed by atoms with E-state index in [9.17, 15) is 4.79 Å².